The zero-order valence-corrected chi connectivity index (χ0v) is 12.3. The van der Waals surface area contributed by atoms with Crippen molar-refractivity contribution in [1.82, 2.24) is 9.55 Å². The molecule has 0 aliphatic heterocycles. The number of nitrogens with zero attached hydrogens (tertiary/aromatic N) is 2. The third kappa shape index (κ3) is 2.78. The summed E-state index contributed by atoms with van der Waals surface area (Å²) in [6.07, 6.45) is 1.52. The maximum absolute atomic E-state index is 12.1. The van der Waals surface area contributed by atoms with Crippen LogP contribution in [0, 0.1) is 6.92 Å². The number of benzene rings is 1. The molecule has 0 amide bonds. The van der Waals surface area contributed by atoms with E-state index in [2.05, 4.69) is 20.9 Å². The molecule has 0 atom stereocenters. The Kier molecular flexibility index (Phi) is 3.90. The van der Waals surface area contributed by atoms with Gasteiger partial charge in [0, 0.05) is 11.3 Å². The first-order chi connectivity index (χ1) is 9.02. The molecule has 2 rings (SSSR count). The number of hydrogen-bond acceptors (Lipinski definition) is 4. The summed E-state index contributed by atoms with van der Waals surface area (Å²) in [5, 5.41) is 0. The second-order valence-corrected chi connectivity index (χ2v) is 4.94. The molecule has 0 aliphatic carbocycles. The van der Waals surface area contributed by atoms with Gasteiger partial charge in [0.05, 0.1) is 25.7 Å². The molecule has 1 aromatic heterocycles. The summed E-state index contributed by atoms with van der Waals surface area (Å²) in [6.45, 7) is 2.13. The zero-order chi connectivity index (χ0) is 14.0. The summed E-state index contributed by atoms with van der Waals surface area (Å²) in [4.78, 5) is 16.2. The van der Waals surface area contributed by atoms with E-state index in [-0.39, 0.29) is 5.56 Å². The molecule has 0 bridgehead atoms. The Balaban J connectivity index is 2.44. The Morgan fingerprint density at radius 1 is 1.47 bits per heavy atom. The van der Waals surface area contributed by atoms with E-state index in [1.54, 1.807) is 32.2 Å². The predicted octanol–water partition coefficient (Wildman–Crippen LogP) is 1.95. The van der Waals surface area contributed by atoms with E-state index in [1.807, 2.05) is 0 Å². The minimum atomic E-state index is -0.128. The summed E-state index contributed by atoms with van der Waals surface area (Å²) < 4.78 is 7.24. The van der Waals surface area contributed by atoms with Gasteiger partial charge in [-0.15, -0.1) is 0 Å². The van der Waals surface area contributed by atoms with Gasteiger partial charge in [-0.1, -0.05) is 0 Å². The van der Waals surface area contributed by atoms with Gasteiger partial charge in [-0.25, -0.2) is 4.98 Å². The van der Waals surface area contributed by atoms with Crippen LogP contribution in [0.4, 0.5) is 5.69 Å². The lowest BCUT2D eigenvalue weighted by molar-refractivity contribution is 0.408. The van der Waals surface area contributed by atoms with Crippen LogP contribution < -0.4 is 16.0 Å². The number of nitrogen functional groups attached to an aromatic ring is 1. The lowest BCUT2D eigenvalue weighted by atomic mass is 10.1. The number of aromatic nitrogens is 2. The van der Waals surface area contributed by atoms with Gasteiger partial charge < -0.3 is 10.5 Å². The standard InChI is InChI=1S/C13H14BrN3O2/c1-8-12(14)13(18)17(7-16-8)6-9-5-10(15)3-4-11(9)19-2/h3-5,7H,6,15H2,1-2H3. The first-order valence-electron chi connectivity index (χ1n) is 5.67. The van der Waals surface area contributed by atoms with E-state index >= 15 is 0 Å². The number of nitrogens with two attached hydrogens (primary N) is 1. The van der Waals surface area contributed by atoms with Crippen molar-refractivity contribution >= 4 is 21.6 Å². The summed E-state index contributed by atoms with van der Waals surface area (Å²) in [5.74, 6) is 0.692. The zero-order valence-electron chi connectivity index (χ0n) is 10.7. The largest absolute Gasteiger partial charge is 0.496 e. The first kappa shape index (κ1) is 13.6. The Morgan fingerprint density at radius 2 is 2.21 bits per heavy atom. The maximum Gasteiger partial charge on any atom is 0.268 e. The van der Waals surface area contributed by atoms with Crippen LogP contribution in [0.3, 0.4) is 0 Å². The van der Waals surface area contributed by atoms with Crippen molar-refractivity contribution in [3.8, 4) is 5.75 Å². The second-order valence-electron chi connectivity index (χ2n) is 4.15. The number of aryl methyl sites for hydroxylation is 1. The van der Waals surface area contributed by atoms with E-state index in [1.165, 1.54) is 10.9 Å². The van der Waals surface area contributed by atoms with E-state index in [0.717, 1.165) is 5.56 Å². The Bertz CT molecular complexity index is 667. The molecule has 0 radical (unpaired) electrons. The van der Waals surface area contributed by atoms with Gasteiger partial charge >= 0.3 is 0 Å². The molecular weight excluding hydrogens is 310 g/mol. The van der Waals surface area contributed by atoms with Crippen LogP contribution in [0.2, 0.25) is 0 Å². The van der Waals surface area contributed by atoms with Crippen molar-refractivity contribution in [3.63, 3.8) is 0 Å². The molecule has 6 heteroatoms. The average molecular weight is 324 g/mol. The van der Waals surface area contributed by atoms with Crippen LogP contribution >= 0.6 is 15.9 Å². The smallest absolute Gasteiger partial charge is 0.268 e. The van der Waals surface area contributed by atoms with Gasteiger partial charge in [-0.3, -0.25) is 9.36 Å². The highest BCUT2D eigenvalue weighted by molar-refractivity contribution is 9.10. The number of methoxy groups -OCH3 is 1. The van der Waals surface area contributed by atoms with Crippen LogP contribution in [0.1, 0.15) is 11.3 Å². The summed E-state index contributed by atoms with van der Waals surface area (Å²) in [6, 6.07) is 5.33. The molecule has 0 unspecified atom stereocenters. The monoisotopic (exact) mass is 323 g/mol. The van der Waals surface area contributed by atoms with E-state index in [9.17, 15) is 4.79 Å². The molecule has 2 N–H and O–H groups in total. The maximum atomic E-state index is 12.1. The average Bonchev–Trinajstić information content (AvgIpc) is 2.40. The number of halogens is 1. The van der Waals surface area contributed by atoms with E-state index in [4.69, 9.17) is 10.5 Å². The van der Waals surface area contributed by atoms with E-state index in [0.29, 0.717) is 28.1 Å². The predicted molar refractivity (Wildman–Crippen MR) is 77.4 cm³/mol. The highest BCUT2D eigenvalue weighted by Gasteiger charge is 2.09. The normalized spacial score (nSPS) is 10.5. The van der Waals surface area contributed by atoms with Gasteiger partial charge in [0.15, 0.2) is 0 Å². The SMILES string of the molecule is COc1ccc(N)cc1Cn1cnc(C)c(Br)c1=O. The number of hydrogen-bond donors (Lipinski definition) is 1. The minimum absolute atomic E-state index is 0.128. The van der Waals surface area contributed by atoms with Crippen LogP contribution in [0.5, 0.6) is 5.75 Å². The fraction of sp³-hybridized carbons (Fsp3) is 0.231. The highest BCUT2D eigenvalue weighted by atomic mass is 79.9. The second kappa shape index (κ2) is 5.44. The molecule has 1 heterocycles. The van der Waals surface area contributed by atoms with Crippen molar-refractivity contribution in [2.45, 2.75) is 13.5 Å². The van der Waals surface area contributed by atoms with Crippen molar-refractivity contribution in [2.75, 3.05) is 12.8 Å². The lowest BCUT2D eigenvalue weighted by Crippen LogP contribution is -2.23. The molecule has 1 aromatic carbocycles. The molecule has 0 saturated heterocycles. The molecule has 0 aliphatic rings. The molecule has 0 saturated carbocycles. The third-order valence-corrected chi connectivity index (χ3v) is 3.72. The van der Waals surface area contributed by atoms with Gasteiger partial charge in [0.2, 0.25) is 0 Å². The van der Waals surface area contributed by atoms with Gasteiger partial charge in [0.25, 0.3) is 5.56 Å². The molecule has 19 heavy (non-hydrogen) atoms. The van der Waals surface area contributed by atoms with Crippen molar-refractivity contribution < 1.29 is 4.74 Å². The van der Waals surface area contributed by atoms with Crippen molar-refractivity contribution in [3.05, 3.63) is 50.6 Å². The molecule has 100 valence electrons. The summed E-state index contributed by atoms with van der Waals surface area (Å²) >= 11 is 3.24. The Labute approximate surface area is 119 Å². The van der Waals surface area contributed by atoms with Crippen LogP contribution in [-0.4, -0.2) is 16.7 Å². The molecule has 5 nitrogen and oxygen atoms in total. The fourth-order valence-electron chi connectivity index (χ4n) is 1.76. The third-order valence-electron chi connectivity index (χ3n) is 2.80. The van der Waals surface area contributed by atoms with Gasteiger partial charge in [0.1, 0.15) is 10.2 Å². The van der Waals surface area contributed by atoms with Crippen LogP contribution in [0.15, 0.2) is 33.8 Å². The fourth-order valence-corrected chi connectivity index (χ4v) is 2.09. The molecule has 2 aromatic rings. The minimum Gasteiger partial charge on any atom is -0.496 e. The molecule has 0 spiro atoms. The number of rotatable bonds is 3. The topological polar surface area (TPSA) is 70.1 Å². The highest BCUT2D eigenvalue weighted by Crippen LogP contribution is 2.21. The number of anilines is 1. The van der Waals surface area contributed by atoms with Crippen molar-refractivity contribution in [1.29, 1.82) is 0 Å². The lowest BCUT2D eigenvalue weighted by Gasteiger charge is -2.11. The quantitative estimate of drug-likeness (QED) is 0.876. The molecule has 0 fully saturated rings. The van der Waals surface area contributed by atoms with Crippen LogP contribution in [-0.2, 0) is 6.54 Å². The van der Waals surface area contributed by atoms with Gasteiger partial charge in [-0.2, -0.15) is 0 Å². The number of ether oxygens (including phenoxy) is 1. The van der Waals surface area contributed by atoms with Crippen molar-refractivity contribution in [2.24, 2.45) is 0 Å². The van der Waals surface area contributed by atoms with Crippen LogP contribution in [0.25, 0.3) is 0 Å². The first-order valence-corrected chi connectivity index (χ1v) is 6.46. The summed E-state index contributed by atoms with van der Waals surface area (Å²) in [5.41, 5.74) is 7.76. The Morgan fingerprint density at radius 3 is 2.89 bits per heavy atom. The molecular formula is C13H14BrN3O2. The summed E-state index contributed by atoms with van der Waals surface area (Å²) in [7, 11) is 1.58. The van der Waals surface area contributed by atoms with E-state index < -0.39 is 0 Å². The van der Waals surface area contributed by atoms with Gasteiger partial charge in [-0.05, 0) is 41.1 Å². The Hall–Kier alpha value is -1.82.